The molecule has 0 aliphatic rings. The van der Waals surface area contributed by atoms with Gasteiger partial charge in [0.25, 0.3) is 0 Å². The van der Waals surface area contributed by atoms with E-state index in [-0.39, 0.29) is 0 Å². The topological polar surface area (TPSA) is 0 Å². The van der Waals surface area contributed by atoms with Gasteiger partial charge >= 0.3 is 0 Å². The summed E-state index contributed by atoms with van der Waals surface area (Å²) in [6.07, 6.45) is 0. The van der Waals surface area contributed by atoms with Gasteiger partial charge in [0.05, 0.1) is 0 Å². The van der Waals surface area contributed by atoms with Gasteiger partial charge in [-0.25, -0.2) is 0 Å². The molecule has 0 saturated heterocycles. The van der Waals surface area contributed by atoms with Crippen LogP contribution in [-0.2, 0) is 0 Å². The first kappa shape index (κ1) is 7.90. The Morgan fingerprint density at radius 2 is 1.20 bits per heavy atom. The van der Waals surface area contributed by atoms with Gasteiger partial charge in [0.1, 0.15) is 0 Å². The zero-order valence-electron chi connectivity index (χ0n) is 5.91. The van der Waals surface area contributed by atoms with E-state index >= 15 is 0 Å². The maximum Gasteiger partial charge on any atom is 0.0438 e. The van der Waals surface area contributed by atoms with E-state index in [0.29, 0.717) is 0 Å². The monoisotopic (exact) mass is 174 g/mol. The van der Waals surface area contributed by atoms with Crippen LogP contribution in [0.5, 0.6) is 0 Å². The van der Waals surface area contributed by atoms with Gasteiger partial charge in [0.2, 0.25) is 0 Å². The fourth-order valence-corrected chi connectivity index (χ4v) is 1.16. The fraction of sp³-hybridized carbons (Fsp3) is 0.250. The van der Waals surface area contributed by atoms with Crippen LogP contribution in [0.3, 0.4) is 0 Å². The van der Waals surface area contributed by atoms with Crippen LogP contribution in [-0.4, -0.2) is 0 Å². The minimum absolute atomic E-state index is 0.780. The highest BCUT2D eigenvalue weighted by molar-refractivity contribution is 6.34. The third-order valence-corrected chi connectivity index (χ3v) is 2.47. The summed E-state index contributed by atoms with van der Waals surface area (Å²) in [5.74, 6) is 0. The maximum atomic E-state index is 5.83. The van der Waals surface area contributed by atoms with E-state index in [9.17, 15) is 0 Å². The van der Waals surface area contributed by atoms with Crippen molar-refractivity contribution >= 4 is 23.2 Å². The van der Waals surface area contributed by atoms with Gasteiger partial charge in [-0.05, 0) is 37.1 Å². The Balaban J connectivity index is 3.34. The summed E-state index contributed by atoms with van der Waals surface area (Å²) in [6, 6.07) is 3.62. The van der Waals surface area contributed by atoms with Gasteiger partial charge in [-0.3, -0.25) is 0 Å². The first-order chi connectivity index (χ1) is 4.63. The van der Waals surface area contributed by atoms with Gasteiger partial charge < -0.3 is 0 Å². The Hall–Kier alpha value is -0.200. The Labute approximate surface area is 70.8 Å². The summed E-state index contributed by atoms with van der Waals surface area (Å²) in [7, 11) is 0. The van der Waals surface area contributed by atoms with Crippen molar-refractivity contribution in [1.29, 1.82) is 0 Å². The number of benzene rings is 1. The van der Waals surface area contributed by atoms with Gasteiger partial charge in [-0.15, -0.1) is 0 Å². The molecule has 0 fully saturated rings. The summed E-state index contributed by atoms with van der Waals surface area (Å²) in [4.78, 5) is 0. The Bertz CT molecular complexity index is 227. The second kappa shape index (κ2) is 2.81. The quantitative estimate of drug-likeness (QED) is 0.564. The molecule has 0 bridgehead atoms. The molecule has 0 saturated carbocycles. The minimum Gasteiger partial charge on any atom is -0.0840 e. The third kappa shape index (κ3) is 1.28. The molecule has 1 aromatic rings. The molecule has 0 amide bonds. The number of hydrogen-bond donors (Lipinski definition) is 0. The molecule has 0 aliphatic carbocycles. The van der Waals surface area contributed by atoms with Crippen molar-refractivity contribution in [3.05, 3.63) is 33.3 Å². The summed E-state index contributed by atoms with van der Waals surface area (Å²) < 4.78 is 0. The average molecular weight is 175 g/mol. The van der Waals surface area contributed by atoms with Crippen molar-refractivity contribution in [2.24, 2.45) is 0 Å². The molecule has 54 valence electrons. The Kier molecular flexibility index (Phi) is 2.22. The van der Waals surface area contributed by atoms with Gasteiger partial charge in [-0.2, -0.15) is 0 Å². The van der Waals surface area contributed by atoms with Crippen LogP contribution in [0.25, 0.3) is 0 Å². The van der Waals surface area contributed by atoms with Gasteiger partial charge in [0, 0.05) is 10.0 Å². The highest BCUT2D eigenvalue weighted by Gasteiger charge is 2.00. The van der Waals surface area contributed by atoms with E-state index in [4.69, 9.17) is 23.2 Å². The molecule has 0 aromatic heterocycles. The van der Waals surface area contributed by atoms with Crippen molar-refractivity contribution in [1.82, 2.24) is 0 Å². The van der Waals surface area contributed by atoms with E-state index in [1.807, 2.05) is 26.0 Å². The maximum absolute atomic E-state index is 5.83. The van der Waals surface area contributed by atoms with E-state index < -0.39 is 0 Å². The van der Waals surface area contributed by atoms with Crippen LogP contribution >= 0.6 is 23.2 Å². The molecule has 0 N–H and O–H groups in total. The molecule has 0 heterocycles. The average Bonchev–Trinajstić information content (AvgIpc) is 1.93. The normalized spacial score (nSPS) is 10.0. The first-order valence-electron chi connectivity index (χ1n) is 3.04. The van der Waals surface area contributed by atoms with Crippen LogP contribution in [0.2, 0.25) is 10.0 Å². The largest absolute Gasteiger partial charge is 0.0840 e. The van der Waals surface area contributed by atoms with E-state index in [1.165, 1.54) is 0 Å². The van der Waals surface area contributed by atoms with E-state index in [1.54, 1.807) is 0 Å². The lowest BCUT2D eigenvalue weighted by atomic mass is 10.1. The zero-order chi connectivity index (χ0) is 7.72. The van der Waals surface area contributed by atoms with E-state index in [2.05, 4.69) is 0 Å². The summed E-state index contributed by atoms with van der Waals surface area (Å²) in [6.45, 7) is 3.92. The predicted molar refractivity (Wildman–Crippen MR) is 45.9 cm³/mol. The molecule has 0 spiro atoms. The van der Waals surface area contributed by atoms with Crippen molar-refractivity contribution in [2.75, 3.05) is 0 Å². The van der Waals surface area contributed by atoms with Crippen molar-refractivity contribution in [3.63, 3.8) is 0 Å². The molecule has 0 nitrogen and oxygen atoms in total. The Morgan fingerprint density at radius 3 is 1.50 bits per heavy atom. The SMILES string of the molecule is Cc1c(Cl)ccc(Cl)c1C. The molecule has 0 aliphatic heterocycles. The molecule has 2 heteroatoms. The predicted octanol–water partition coefficient (Wildman–Crippen LogP) is 3.61. The van der Waals surface area contributed by atoms with Crippen molar-refractivity contribution in [2.45, 2.75) is 13.8 Å². The highest BCUT2D eigenvalue weighted by atomic mass is 35.5. The molecule has 0 radical (unpaired) electrons. The van der Waals surface area contributed by atoms with Crippen LogP contribution in [0, 0.1) is 13.8 Å². The lowest BCUT2D eigenvalue weighted by Crippen LogP contribution is -1.82. The number of halogens is 2. The minimum atomic E-state index is 0.780. The smallest absolute Gasteiger partial charge is 0.0438 e. The van der Waals surface area contributed by atoms with E-state index in [0.717, 1.165) is 21.2 Å². The van der Waals surface area contributed by atoms with Gasteiger partial charge in [-0.1, -0.05) is 23.2 Å². The van der Waals surface area contributed by atoms with Crippen molar-refractivity contribution < 1.29 is 0 Å². The second-order valence-electron chi connectivity index (χ2n) is 2.28. The van der Waals surface area contributed by atoms with Gasteiger partial charge in [0.15, 0.2) is 0 Å². The molecule has 1 rings (SSSR count). The summed E-state index contributed by atoms with van der Waals surface area (Å²) >= 11 is 11.7. The fourth-order valence-electron chi connectivity index (χ4n) is 0.755. The molecule has 1 aromatic carbocycles. The lowest BCUT2D eigenvalue weighted by molar-refractivity contribution is 1.34. The number of hydrogen-bond acceptors (Lipinski definition) is 0. The first-order valence-corrected chi connectivity index (χ1v) is 3.79. The van der Waals surface area contributed by atoms with Crippen LogP contribution in [0.4, 0.5) is 0 Å². The molecule has 0 unspecified atom stereocenters. The lowest BCUT2D eigenvalue weighted by Gasteiger charge is -2.02. The second-order valence-corrected chi connectivity index (χ2v) is 3.09. The third-order valence-electron chi connectivity index (χ3n) is 1.65. The van der Waals surface area contributed by atoms with Crippen LogP contribution in [0.15, 0.2) is 12.1 Å². The Morgan fingerprint density at radius 1 is 0.900 bits per heavy atom. The molecule has 0 atom stereocenters. The zero-order valence-corrected chi connectivity index (χ0v) is 7.42. The summed E-state index contributed by atoms with van der Waals surface area (Å²) in [5.41, 5.74) is 2.13. The van der Waals surface area contributed by atoms with Crippen LogP contribution in [0.1, 0.15) is 11.1 Å². The standard InChI is InChI=1S/C8H8Cl2/c1-5-6(2)8(10)4-3-7(5)9/h3-4H,1-2H3. The summed E-state index contributed by atoms with van der Waals surface area (Å²) in [5, 5.41) is 1.56. The van der Waals surface area contributed by atoms with Crippen LogP contribution < -0.4 is 0 Å². The highest BCUT2D eigenvalue weighted by Crippen LogP contribution is 2.24. The number of rotatable bonds is 0. The molecular weight excluding hydrogens is 167 g/mol. The van der Waals surface area contributed by atoms with Crippen molar-refractivity contribution in [3.8, 4) is 0 Å². The molecule has 10 heavy (non-hydrogen) atoms. The molecular formula is C8H8Cl2.